The Hall–Kier alpha value is -1.46. The van der Waals surface area contributed by atoms with Gasteiger partial charge in [-0.2, -0.15) is 0 Å². The first kappa shape index (κ1) is 13.6. The highest BCUT2D eigenvalue weighted by Gasteiger charge is 2.17. The van der Waals surface area contributed by atoms with E-state index in [4.69, 9.17) is 19.9 Å². The first-order valence-electron chi connectivity index (χ1n) is 5.36. The normalized spacial score (nSPS) is 12.1. The minimum atomic E-state index is -0.672. The SMILES string of the molecule is COc1cc(OC)c(C(O)CCN)cc1OC. The van der Waals surface area contributed by atoms with Crippen molar-refractivity contribution in [3.63, 3.8) is 0 Å². The smallest absolute Gasteiger partial charge is 0.164 e. The zero-order chi connectivity index (χ0) is 12.8. The van der Waals surface area contributed by atoms with Crippen molar-refractivity contribution in [2.45, 2.75) is 12.5 Å². The van der Waals surface area contributed by atoms with Crippen LogP contribution in [0.3, 0.4) is 0 Å². The molecule has 0 aliphatic heterocycles. The molecule has 1 unspecified atom stereocenters. The van der Waals surface area contributed by atoms with Gasteiger partial charge in [0.15, 0.2) is 11.5 Å². The van der Waals surface area contributed by atoms with Crippen LogP contribution in [-0.4, -0.2) is 33.0 Å². The monoisotopic (exact) mass is 241 g/mol. The molecule has 3 N–H and O–H groups in total. The standard InChI is InChI=1S/C12H19NO4/c1-15-10-7-12(17-3)11(16-2)6-8(10)9(14)4-5-13/h6-7,9,14H,4-5,13H2,1-3H3. The van der Waals surface area contributed by atoms with Gasteiger partial charge < -0.3 is 25.1 Å². The van der Waals surface area contributed by atoms with Gasteiger partial charge in [0.1, 0.15) is 5.75 Å². The third kappa shape index (κ3) is 3.01. The molecule has 0 amide bonds. The minimum absolute atomic E-state index is 0.401. The fourth-order valence-electron chi connectivity index (χ4n) is 1.63. The maximum atomic E-state index is 9.96. The van der Waals surface area contributed by atoms with Crippen LogP contribution in [0.1, 0.15) is 18.1 Å². The van der Waals surface area contributed by atoms with E-state index >= 15 is 0 Å². The lowest BCUT2D eigenvalue weighted by atomic mass is 10.0. The Balaban J connectivity index is 3.18. The molecule has 0 aromatic heterocycles. The number of nitrogens with two attached hydrogens (primary N) is 1. The fraction of sp³-hybridized carbons (Fsp3) is 0.500. The van der Waals surface area contributed by atoms with Crippen molar-refractivity contribution in [2.24, 2.45) is 5.73 Å². The van der Waals surface area contributed by atoms with Crippen LogP contribution in [0.2, 0.25) is 0 Å². The van der Waals surface area contributed by atoms with Gasteiger partial charge in [0.05, 0.1) is 27.4 Å². The summed E-state index contributed by atoms with van der Waals surface area (Å²) in [6.45, 7) is 0.401. The quantitative estimate of drug-likeness (QED) is 0.780. The van der Waals surface area contributed by atoms with Crippen molar-refractivity contribution in [3.8, 4) is 17.2 Å². The van der Waals surface area contributed by atoms with Crippen LogP contribution in [0.25, 0.3) is 0 Å². The van der Waals surface area contributed by atoms with E-state index < -0.39 is 6.10 Å². The maximum Gasteiger partial charge on any atom is 0.164 e. The molecule has 0 aliphatic carbocycles. The van der Waals surface area contributed by atoms with Crippen molar-refractivity contribution < 1.29 is 19.3 Å². The van der Waals surface area contributed by atoms with Crippen LogP contribution in [0.5, 0.6) is 17.2 Å². The second kappa shape index (κ2) is 6.32. The van der Waals surface area contributed by atoms with Crippen molar-refractivity contribution in [1.82, 2.24) is 0 Å². The van der Waals surface area contributed by atoms with Crippen LogP contribution in [0.4, 0.5) is 0 Å². The summed E-state index contributed by atoms with van der Waals surface area (Å²) in [6, 6.07) is 3.39. The molecule has 0 saturated carbocycles. The molecule has 0 spiro atoms. The first-order chi connectivity index (χ1) is 8.17. The molecule has 17 heavy (non-hydrogen) atoms. The summed E-state index contributed by atoms with van der Waals surface area (Å²) in [7, 11) is 4.64. The summed E-state index contributed by atoms with van der Waals surface area (Å²) in [6.07, 6.45) is -0.207. The molecule has 5 nitrogen and oxygen atoms in total. The van der Waals surface area contributed by atoms with Crippen LogP contribution in [0, 0.1) is 0 Å². The van der Waals surface area contributed by atoms with Crippen molar-refractivity contribution in [3.05, 3.63) is 17.7 Å². The Kier molecular flexibility index (Phi) is 5.06. The van der Waals surface area contributed by atoms with E-state index in [1.165, 1.54) is 0 Å². The van der Waals surface area contributed by atoms with E-state index in [1.807, 2.05) is 0 Å². The largest absolute Gasteiger partial charge is 0.496 e. The Morgan fingerprint density at radius 2 is 1.59 bits per heavy atom. The van der Waals surface area contributed by atoms with Gasteiger partial charge in [0.2, 0.25) is 0 Å². The predicted octanol–water partition coefficient (Wildman–Crippen LogP) is 1.09. The Labute approximate surface area is 101 Å². The van der Waals surface area contributed by atoms with Crippen molar-refractivity contribution in [1.29, 1.82) is 0 Å². The molecular formula is C12H19NO4. The van der Waals surface area contributed by atoms with Gasteiger partial charge in [0.25, 0.3) is 0 Å². The highest BCUT2D eigenvalue weighted by Crippen LogP contribution is 2.38. The lowest BCUT2D eigenvalue weighted by Gasteiger charge is -2.17. The Bertz CT molecular complexity index is 368. The lowest BCUT2D eigenvalue weighted by molar-refractivity contribution is 0.165. The highest BCUT2D eigenvalue weighted by atomic mass is 16.5. The van der Waals surface area contributed by atoms with Gasteiger partial charge in [-0.3, -0.25) is 0 Å². The number of methoxy groups -OCH3 is 3. The van der Waals surface area contributed by atoms with E-state index in [1.54, 1.807) is 33.5 Å². The average Bonchev–Trinajstić information content (AvgIpc) is 2.37. The fourth-order valence-corrected chi connectivity index (χ4v) is 1.63. The molecule has 96 valence electrons. The highest BCUT2D eigenvalue weighted by molar-refractivity contribution is 5.51. The third-order valence-electron chi connectivity index (χ3n) is 2.53. The van der Waals surface area contributed by atoms with Crippen molar-refractivity contribution >= 4 is 0 Å². The number of aliphatic hydroxyl groups excluding tert-OH is 1. The van der Waals surface area contributed by atoms with Gasteiger partial charge >= 0.3 is 0 Å². The van der Waals surface area contributed by atoms with Crippen LogP contribution >= 0.6 is 0 Å². The zero-order valence-corrected chi connectivity index (χ0v) is 10.4. The van der Waals surface area contributed by atoms with E-state index in [-0.39, 0.29) is 0 Å². The molecule has 1 rings (SSSR count). The lowest BCUT2D eigenvalue weighted by Crippen LogP contribution is -2.08. The summed E-state index contributed by atoms with van der Waals surface area (Å²) >= 11 is 0. The Morgan fingerprint density at radius 1 is 1.06 bits per heavy atom. The molecule has 1 atom stereocenters. The molecule has 5 heteroatoms. The zero-order valence-electron chi connectivity index (χ0n) is 10.4. The Morgan fingerprint density at radius 3 is 2.06 bits per heavy atom. The number of ether oxygens (including phenoxy) is 3. The molecular weight excluding hydrogens is 222 g/mol. The van der Waals surface area contributed by atoms with Gasteiger partial charge in [-0.1, -0.05) is 0 Å². The van der Waals surface area contributed by atoms with Crippen LogP contribution < -0.4 is 19.9 Å². The average molecular weight is 241 g/mol. The number of rotatable bonds is 6. The molecule has 0 bridgehead atoms. The number of hydrogen-bond acceptors (Lipinski definition) is 5. The molecule has 0 aliphatic rings. The molecule has 1 aromatic rings. The summed E-state index contributed by atoms with van der Waals surface area (Å²) < 4.78 is 15.6. The number of hydrogen-bond donors (Lipinski definition) is 2. The third-order valence-corrected chi connectivity index (χ3v) is 2.53. The summed E-state index contributed by atoms with van der Waals surface area (Å²) in [5.74, 6) is 1.68. The maximum absolute atomic E-state index is 9.96. The topological polar surface area (TPSA) is 73.9 Å². The van der Waals surface area contributed by atoms with E-state index in [0.29, 0.717) is 35.8 Å². The molecule has 0 heterocycles. The summed E-state index contributed by atoms with van der Waals surface area (Å²) in [5.41, 5.74) is 6.08. The number of aliphatic hydroxyl groups is 1. The molecule has 0 fully saturated rings. The minimum Gasteiger partial charge on any atom is -0.496 e. The van der Waals surface area contributed by atoms with E-state index in [0.717, 1.165) is 0 Å². The second-order valence-corrected chi connectivity index (χ2v) is 3.54. The van der Waals surface area contributed by atoms with E-state index in [2.05, 4.69) is 0 Å². The van der Waals surface area contributed by atoms with Crippen molar-refractivity contribution in [2.75, 3.05) is 27.9 Å². The summed E-state index contributed by atoms with van der Waals surface area (Å²) in [4.78, 5) is 0. The van der Waals surface area contributed by atoms with Crippen LogP contribution in [-0.2, 0) is 0 Å². The predicted molar refractivity (Wildman–Crippen MR) is 64.7 cm³/mol. The molecule has 0 saturated heterocycles. The number of benzene rings is 1. The molecule has 0 radical (unpaired) electrons. The van der Waals surface area contributed by atoms with E-state index in [9.17, 15) is 5.11 Å². The van der Waals surface area contributed by atoms with Gasteiger partial charge in [-0.15, -0.1) is 0 Å². The first-order valence-corrected chi connectivity index (χ1v) is 5.36. The molecule has 1 aromatic carbocycles. The van der Waals surface area contributed by atoms with Gasteiger partial charge in [-0.25, -0.2) is 0 Å². The van der Waals surface area contributed by atoms with Crippen LogP contribution in [0.15, 0.2) is 12.1 Å². The summed E-state index contributed by atoms with van der Waals surface area (Å²) in [5, 5.41) is 9.96. The van der Waals surface area contributed by atoms with Gasteiger partial charge in [-0.05, 0) is 19.0 Å². The second-order valence-electron chi connectivity index (χ2n) is 3.54. The van der Waals surface area contributed by atoms with Gasteiger partial charge in [0, 0.05) is 11.6 Å².